The summed E-state index contributed by atoms with van der Waals surface area (Å²) < 4.78 is 5.01. The van der Waals surface area contributed by atoms with Crippen molar-refractivity contribution in [3.05, 3.63) is 40.8 Å². The quantitative estimate of drug-likeness (QED) is 0.681. The Balaban J connectivity index is 1.70. The van der Waals surface area contributed by atoms with E-state index >= 15 is 0 Å². The lowest BCUT2D eigenvalue weighted by molar-refractivity contribution is -0.156. The van der Waals surface area contributed by atoms with Crippen LogP contribution in [0.15, 0.2) is 30.3 Å². The number of ether oxygens (including phenoxy) is 1. The van der Waals surface area contributed by atoms with Crippen LogP contribution in [0.25, 0.3) is 11.1 Å². The lowest BCUT2D eigenvalue weighted by Crippen LogP contribution is -2.49. The summed E-state index contributed by atoms with van der Waals surface area (Å²) in [5, 5.41) is 13.1. The molecule has 2 N–H and O–H groups in total. The number of rotatable bonds is 5. The van der Waals surface area contributed by atoms with Crippen molar-refractivity contribution in [1.29, 1.82) is 0 Å². The zero-order valence-corrected chi connectivity index (χ0v) is 17.8. The molecule has 3 saturated carbocycles. The number of methoxy groups -OCH3 is 1. The van der Waals surface area contributed by atoms with Gasteiger partial charge >= 0.3 is 11.9 Å². The van der Waals surface area contributed by atoms with Gasteiger partial charge in [0.25, 0.3) is 0 Å². The second kappa shape index (κ2) is 8.22. The van der Waals surface area contributed by atoms with E-state index in [-0.39, 0.29) is 17.7 Å². The molecule has 1 heterocycles. The van der Waals surface area contributed by atoms with Crippen molar-refractivity contribution in [3.63, 3.8) is 0 Å². The van der Waals surface area contributed by atoms with Gasteiger partial charge in [0.05, 0.1) is 18.9 Å². The molecule has 2 bridgehead atoms. The average molecular weight is 428 g/mol. The number of anilines is 1. The van der Waals surface area contributed by atoms with Crippen molar-refractivity contribution >= 4 is 34.2 Å². The molecule has 1 aromatic carbocycles. The van der Waals surface area contributed by atoms with E-state index in [1.54, 1.807) is 0 Å². The van der Waals surface area contributed by atoms with Crippen molar-refractivity contribution < 1.29 is 24.2 Å². The first-order chi connectivity index (χ1) is 14.4. The topological polar surface area (TPSA) is 92.7 Å². The monoisotopic (exact) mass is 427 g/mol. The van der Waals surface area contributed by atoms with Gasteiger partial charge in [-0.25, -0.2) is 4.79 Å². The Bertz CT molecular complexity index is 975. The Morgan fingerprint density at radius 2 is 1.63 bits per heavy atom. The van der Waals surface area contributed by atoms with Crippen LogP contribution in [-0.4, -0.2) is 30.1 Å². The highest BCUT2D eigenvalue weighted by Crippen LogP contribution is 2.50. The number of fused-ring (bicyclic) bond motifs is 3. The van der Waals surface area contributed by atoms with Gasteiger partial charge in [0.1, 0.15) is 10.6 Å². The number of hydrogen-bond acceptors (Lipinski definition) is 5. The molecule has 2 unspecified atom stereocenters. The molecule has 0 aliphatic heterocycles. The Morgan fingerprint density at radius 3 is 2.20 bits per heavy atom. The maximum atomic E-state index is 13.3. The van der Waals surface area contributed by atoms with Crippen molar-refractivity contribution in [2.75, 3.05) is 12.4 Å². The smallest absolute Gasteiger partial charge is 0.341 e. The summed E-state index contributed by atoms with van der Waals surface area (Å²) in [6, 6.07) is 9.50. The number of nitrogens with one attached hydrogen (secondary N) is 1. The van der Waals surface area contributed by atoms with Gasteiger partial charge in [0, 0.05) is 10.4 Å². The SMILES string of the molecule is COC(=O)c1c(NC(=O)C2C3CCC(CC3)C2C(=O)O)sc(C)c1-c1ccccc1. The number of benzene rings is 1. The van der Waals surface area contributed by atoms with Gasteiger partial charge in [-0.15, -0.1) is 11.3 Å². The lowest BCUT2D eigenvalue weighted by atomic mass is 9.58. The zero-order valence-electron chi connectivity index (χ0n) is 17.0. The van der Waals surface area contributed by atoms with E-state index in [2.05, 4.69) is 5.32 Å². The summed E-state index contributed by atoms with van der Waals surface area (Å²) in [4.78, 5) is 38.7. The molecule has 2 aromatic rings. The highest BCUT2D eigenvalue weighted by Gasteiger charge is 2.50. The number of aryl methyl sites for hydroxylation is 1. The third-order valence-electron chi connectivity index (χ3n) is 6.58. The minimum atomic E-state index is -0.898. The van der Waals surface area contributed by atoms with Crippen LogP contribution in [0.3, 0.4) is 0 Å². The molecule has 1 amide bonds. The summed E-state index contributed by atoms with van der Waals surface area (Å²) >= 11 is 1.32. The average Bonchev–Trinajstić information content (AvgIpc) is 3.09. The fourth-order valence-electron chi connectivity index (χ4n) is 5.26. The van der Waals surface area contributed by atoms with Crippen LogP contribution in [0, 0.1) is 30.6 Å². The van der Waals surface area contributed by atoms with E-state index in [1.165, 1.54) is 18.4 Å². The lowest BCUT2D eigenvalue weighted by Gasteiger charge is -2.45. The third-order valence-corrected chi connectivity index (χ3v) is 7.60. The van der Waals surface area contributed by atoms with E-state index in [1.807, 2.05) is 37.3 Å². The molecule has 3 fully saturated rings. The van der Waals surface area contributed by atoms with Gasteiger partial charge in [-0.1, -0.05) is 30.3 Å². The Labute approximate surface area is 179 Å². The highest BCUT2D eigenvalue weighted by molar-refractivity contribution is 7.17. The first-order valence-corrected chi connectivity index (χ1v) is 11.0. The summed E-state index contributed by atoms with van der Waals surface area (Å²) in [5.74, 6) is -2.82. The molecule has 2 atom stereocenters. The summed E-state index contributed by atoms with van der Waals surface area (Å²) in [6.07, 6.45) is 3.51. The molecular weight excluding hydrogens is 402 g/mol. The third kappa shape index (κ3) is 3.51. The number of carboxylic acid groups (broad SMARTS) is 1. The number of amides is 1. The van der Waals surface area contributed by atoms with Crippen molar-refractivity contribution in [2.45, 2.75) is 32.6 Å². The molecule has 30 heavy (non-hydrogen) atoms. The van der Waals surface area contributed by atoms with Crippen molar-refractivity contribution in [3.8, 4) is 11.1 Å². The van der Waals surface area contributed by atoms with E-state index in [9.17, 15) is 19.5 Å². The molecule has 5 rings (SSSR count). The van der Waals surface area contributed by atoms with E-state index in [0.29, 0.717) is 10.6 Å². The predicted octanol–water partition coefficient (Wildman–Crippen LogP) is 4.59. The Hall–Kier alpha value is -2.67. The zero-order chi connectivity index (χ0) is 21.4. The predicted molar refractivity (Wildman–Crippen MR) is 115 cm³/mol. The van der Waals surface area contributed by atoms with Gasteiger partial charge in [0.2, 0.25) is 5.91 Å². The van der Waals surface area contributed by atoms with E-state index in [0.717, 1.165) is 41.7 Å². The fraction of sp³-hybridized carbons (Fsp3) is 0.435. The van der Waals surface area contributed by atoms with E-state index < -0.39 is 23.8 Å². The minimum Gasteiger partial charge on any atom is -0.481 e. The first kappa shape index (κ1) is 20.6. The molecule has 1 aromatic heterocycles. The van der Waals surface area contributed by atoms with Crippen LogP contribution in [0.2, 0.25) is 0 Å². The number of carboxylic acids is 1. The number of hydrogen-bond donors (Lipinski definition) is 2. The van der Waals surface area contributed by atoms with Crippen molar-refractivity contribution in [1.82, 2.24) is 0 Å². The van der Waals surface area contributed by atoms with Crippen LogP contribution < -0.4 is 5.32 Å². The number of carbonyl (C=O) groups excluding carboxylic acids is 2. The molecule has 3 aliphatic carbocycles. The van der Waals surface area contributed by atoms with Crippen LogP contribution >= 0.6 is 11.3 Å². The Morgan fingerprint density at radius 1 is 1.03 bits per heavy atom. The number of esters is 1. The van der Waals surface area contributed by atoms with Crippen LogP contribution in [0.4, 0.5) is 5.00 Å². The standard InChI is InChI=1S/C23H25NO5S/c1-12-16(13-6-4-3-5-7-13)19(23(28)29-2)21(30-12)24-20(25)17-14-8-10-15(11-9-14)18(17)22(26)27/h3-7,14-15,17-18H,8-11H2,1-2H3,(H,24,25)(H,26,27). The molecule has 0 spiro atoms. The number of carbonyl (C=O) groups is 3. The largest absolute Gasteiger partial charge is 0.481 e. The molecule has 0 saturated heterocycles. The second-order valence-electron chi connectivity index (χ2n) is 8.15. The maximum Gasteiger partial charge on any atom is 0.341 e. The van der Waals surface area contributed by atoms with Crippen LogP contribution in [0.1, 0.15) is 40.9 Å². The summed E-state index contributed by atoms with van der Waals surface area (Å²) in [6.45, 7) is 1.90. The Kier molecular flexibility index (Phi) is 5.64. The maximum absolute atomic E-state index is 13.3. The van der Waals surface area contributed by atoms with Gasteiger partial charge in [0.15, 0.2) is 0 Å². The molecular formula is C23H25NO5S. The second-order valence-corrected chi connectivity index (χ2v) is 9.37. The molecule has 158 valence electrons. The molecule has 3 aliphatic rings. The molecule has 0 radical (unpaired) electrons. The first-order valence-electron chi connectivity index (χ1n) is 10.2. The van der Waals surface area contributed by atoms with Crippen molar-refractivity contribution in [2.24, 2.45) is 23.7 Å². The normalized spacial score (nSPS) is 25.0. The van der Waals surface area contributed by atoms with Gasteiger partial charge in [-0.3, -0.25) is 9.59 Å². The van der Waals surface area contributed by atoms with Gasteiger partial charge < -0.3 is 15.2 Å². The molecule has 7 heteroatoms. The van der Waals surface area contributed by atoms with Crippen LogP contribution in [0.5, 0.6) is 0 Å². The van der Waals surface area contributed by atoms with Gasteiger partial charge in [-0.2, -0.15) is 0 Å². The highest BCUT2D eigenvalue weighted by atomic mass is 32.1. The van der Waals surface area contributed by atoms with E-state index in [4.69, 9.17) is 4.74 Å². The summed E-state index contributed by atoms with van der Waals surface area (Å²) in [5.41, 5.74) is 1.93. The number of thiophene rings is 1. The summed E-state index contributed by atoms with van der Waals surface area (Å²) in [7, 11) is 1.32. The molecule has 6 nitrogen and oxygen atoms in total. The van der Waals surface area contributed by atoms with Gasteiger partial charge in [-0.05, 0) is 50.0 Å². The number of aliphatic carboxylic acids is 1. The fourth-order valence-corrected chi connectivity index (χ4v) is 6.33. The minimum absolute atomic E-state index is 0.0493. The van der Waals surface area contributed by atoms with Crippen LogP contribution in [-0.2, 0) is 14.3 Å².